The summed E-state index contributed by atoms with van der Waals surface area (Å²) in [6, 6.07) is 2.96. The molecule has 0 saturated heterocycles. The van der Waals surface area contributed by atoms with E-state index >= 15 is 0 Å². The molecule has 1 aromatic carbocycles. The predicted molar refractivity (Wildman–Crippen MR) is 59.0 cm³/mol. The van der Waals surface area contributed by atoms with E-state index in [0.29, 0.717) is 0 Å². The van der Waals surface area contributed by atoms with Crippen molar-refractivity contribution in [2.75, 3.05) is 0 Å². The molecule has 0 aliphatic heterocycles. The van der Waals surface area contributed by atoms with Crippen molar-refractivity contribution in [2.24, 2.45) is 0 Å². The van der Waals surface area contributed by atoms with E-state index in [1.54, 1.807) is 5.38 Å². The number of benzene rings is 1. The zero-order valence-electron chi connectivity index (χ0n) is 6.80. The van der Waals surface area contributed by atoms with Gasteiger partial charge in [0.1, 0.15) is 0 Å². The van der Waals surface area contributed by atoms with Crippen LogP contribution in [0.2, 0.25) is 5.02 Å². The molecular formula is C9H5ClF2S2. The van der Waals surface area contributed by atoms with Crippen LogP contribution in [0.15, 0.2) is 22.4 Å². The van der Waals surface area contributed by atoms with Crippen LogP contribution in [-0.2, 0) is 0 Å². The molecule has 0 nitrogen and oxygen atoms in total. The molecule has 2 aromatic rings. The van der Waals surface area contributed by atoms with E-state index in [1.165, 1.54) is 23.5 Å². The summed E-state index contributed by atoms with van der Waals surface area (Å²) in [4.78, 5) is 0.771. The van der Waals surface area contributed by atoms with Crippen molar-refractivity contribution >= 4 is 45.7 Å². The number of alkyl halides is 2. The van der Waals surface area contributed by atoms with Gasteiger partial charge >= 0.3 is 0 Å². The Labute approximate surface area is 93.9 Å². The first kappa shape index (κ1) is 10.2. The maximum absolute atomic E-state index is 12.5. The van der Waals surface area contributed by atoms with Gasteiger partial charge in [0.2, 0.25) is 0 Å². The molecule has 1 heterocycles. The monoisotopic (exact) mass is 250 g/mol. The van der Waals surface area contributed by atoms with E-state index in [-0.39, 0.29) is 10.6 Å². The van der Waals surface area contributed by atoms with Gasteiger partial charge in [0.05, 0.1) is 5.02 Å². The molecule has 14 heavy (non-hydrogen) atoms. The van der Waals surface area contributed by atoms with Crippen LogP contribution in [0.1, 0.15) is 12.0 Å². The Morgan fingerprint density at radius 1 is 1.36 bits per heavy atom. The van der Waals surface area contributed by atoms with E-state index in [2.05, 4.69) is 12.6 Å². The second-order valence-corrected chi connectivity index (χ2v) is 4.59. The molecule has 0 amide bonds. The van der Waals surface area contributed by atoms with Gasteiger partial charge in [-0.2, -0.15) is 0 Å². The number of thiol groups is 1. The molecule has 5 heteroatoms. The van der Waals surface area contributed by atoms with Crippen LogP contribution in [0.3, 0.4) is 0 Å². The summed E-state index contributed by atoms with van der Waals surface area (Å²) in [5, 5.41) is 2.73. The Balaban J connectivity index is 2.72. The van der Waals surface area contributed by atoms with E-state index < -0.39 is 6.43 Å². The van der Waals surface area contributed by atoms with Crippen LogP contribution < -0.4 is 0 Å². The molecule has 2 rings (SSSR count). The van der Waals surface area contributed by atoms with Crippen LogP contribution in [0.25, 0.3) is 10.1 Å². The van der Waals surface area contributed by atoms with Crippen LogP contribution in [0.4, 0.5) is 8.78 Å². The quantitative estimate of drug-likeness (QED) is 0.692. The summed E-state index contributed by atoms with van der Waals surface area (Å²) in [7, 11) is 0. The Hall–Kier alpha value is -0.320. The minimum absolute atomic E-state index is 0.0983. The Morgan fingerprint density at radius 2 is 2.07 bits per heavy atom. The first-order chi connectivity index (χ1) is 6.59. The molecule has 0 spiro atoms. The molecule has 0 atom stereocenters. The number of hydrogen-bond donors (Lipinski definition) is 1. The maximum atomic E-state index is 12.5. The Bertz CT molecular complexity index is 479. The van der Waals surface area contributed by atoms with Gasteiger partial charge in [0.25, 0.3) is 6.43 Å². The highest BCUT2D eigenvalue weighted by Gasteiger charge is 2.14. The second kappa shape index (κ2) is 3.68. The third-order valence-electron chi connectivity index (χ3n) is 1.91. The molecule has 0 N–H and O–H groups in total. The van der Waals surface area contributed by atoms with Gasteiger partial charge in [-0.3, -0.25) is 0 Å². The van der Waals surface area contributed by atoms with Crippen molar-refractivity contribution in [2.45, 2.75) is 11.3 Å². The van der Waals surface area contributed by atoms with Crippen LogP contribution in [-0.4, -0.2) is 0 Å². The average molecular weight is 251 g/mol. The van der Waals surface area contributed by atoms with E-state index in [0.717, 1.165) is 15.0 Å². The first-order valence-electron chi connectivity index (χ1n) is 3.77. The second-order valence-electron chi connectivity index (χ2n) is 2.79. The molecule has 0 unspecified atom stereocenters. The fraction of sp³-hybridized carbons (Fsp3) is 0.111. The Kier molecular flexibility index (Phi) is 2.68. The fourth-order valence-corrected chi connectivity index (χ4v) is 2.74. The molecule has 0 saturated carbocycles. The lowest BCUT2D eigenvalue weighted by atomic mass is 10.2. The van der Waals surface area contributed by atoms with Crippen LogP contribution in [0.5, 0.6) is 0 Å². The van der Waals surface area contributed by atoms with Gasteiger partial charge in [-0.25, -0.2) is 8.78 Å². The summed E-state index contributed by atoms with van der Waals surface area (Å²) in [5.41, 5.74) is -0.116. The molecule has 0 radical (unpaired) electrons. The third kappa shape index (κ3) is 1.62. The van der Waals surface area contributed by atoms with E-state index in [4.69, 9.17) is 11.6 Å². The predicted octanol–water partition coefficient (Wildman–Crippen LogP) is 4.78. The fourth-order valence-electron chi connectivity index (χ4n) is 1.22. The van der Waals surface area contributed by atoms with Crippen LogP contribution >= 0.6 is 35.6 Å². The SMILES string of the molecule is FC(F)c1cc2scc(S)c2cc1Cl. The molecule has 0 bridgehead atoms. The van der Waals surface area contributed by atoms with Gasteiger partial charge in [0, 0.05) is 25.9 Å². The van der Waals surface area contributed by atoms with Gasteiger partial charge < -0.3 is 0 Å². The summed E-state index contributed by atoms with van der Waals surface area (Å²) in [6.07, 6.45) is -2.53. The summed E-state index contributed by atoms with van der Waals surface area (Å²) in [6.45, 7) is 0. The normalized spacial score (nSPS) is 11.5. The number of thiophene rings is 1. The summed E-state index contributed by atoms with van der Waals surface area (Å²) >= 11 is 11.3. The smallest absolute Gasteiger partial charge is 0.205 e. The average Bonchev–Trinajstić information content (AvgIpc) is 2.46. The zero-order valence-corrected chi connectivity index (χ0v) is 9.27. The maximum Gasteiger partial charge on any atom is 0.265 e. The topological polar surface area (TPSA) is 0 Å². The molecule has 1 aromatic heterocycles. The molecule has 0 aliphatic rings. The molecule has 0 fully saturated rings. The minimum Gasteiger partial charge on any atom is -0.205 e. The van der Waals surface area contributed by atoms with Gasteiger partial charge in [-0.1, -0.05) is 11.6 Å². The van der Waals surface area contributed by atoms with Crippen molar-refractivity contribution in [1.29, 1.82) is 0 Å². The van der Waals surface area contributed by atoms with Crippen molar-refractivity contribution in [3.05, 3.63) is 28.1 Å². The standard InChI is InChI=1S/C9H5ClF2S2/c10-6-1-5-7(13)3-14-8(5)2-4(6)9(11)12/h1-3,9,13H. The molecular weight excluding hydrogens is 246 g/mol. The highest BCUT2D eigenvalue weighted by molar-refractivity contribution is 7.80. The lowest BCUT2D eigenvalue weighted by molar-refractivity contribution is 0.151. The van der Waals surface area contributed by atoms with Crippen molar-refractivity contribution in [3.63, 3.8) is 0 Å². The highest BCUT2D eigenvalue weighted by atomic mass is 35.5. The number of fused-ring (bicyclic) bond motifs is 1. The van der Waals surface area contributed by atoms with Crippen molar-refractivity contribution < 1.29 is 8.78 Å². The van der Waals surface area contributed by atoms with Gasteiger partial charge in [-0.15, -0.1) is 24.0 Å². The lowest BCUT2D eigenvalue weighted by Crippen LogP contribution is -1.84. The largest absolute Gasteiger partial charge is 0.265 e. The number of rotatable bonds is 1. The minimum atomic E-state index is -2.53. The summed E-state index contributed by atoms with van der Waals surface area (Å²) in [5.74, 6) is 0. The van der Waals surface area contributed by atoms with Gasteiger partial charge in [-0.05, 0) is 12.1 Å². The summed E-state index contributed by atoms with van der Waals surface area (Å²) < 4.78 is 25.7. The van der Waals surface area contributed by atoms with E-state index in [9.17, 15) is 8.78 Å². The highest BCUT2D eigenvalue weighted by Crippen LogP contribution is 2.36. The molecule has 74 valence electrons. The first-order valence-corrected chi connectivity index (χ1v) is 5.48. The lowest BCUT2D eigenvalue weighted by Gasteiger charge is -2.02. The van der Waals surface area contributed by atoms with Crippen LogP contribution in [0, 0.1) is 0 Å². The van der Waals surface area contributed by atoms with Crippen molar-refractivity contribution in [3.8, 4) is 0 Å². The Morgan fingerprint density at radius 3 is 2.71 bits per heavy atom. The number of halogens is 3. The van der Waals surface area contributed by atoms with Gasteiger partial charge in [0.15, 0.2) is 0 Å². The molecule has 0 aliphatic carbocycles. The zero-order chi connectivity index (χ0) is 10.3. The van der Waals surface area contributed by atoms with E-state index in [1.807, 2.05) is 0 Å². The number of hydrogen-bond acceptors (Lipinski definition) is 2. The van der Waals surface area contributed by atoms with Crippen molar-refractivity contribution in [1.82, 2.24) is 0 Å². The third-order valence-corrected chi connectivity index (χ3v) is 3.72.